The summed E-state index contributed by atoms with van der Waals surface area (Å²) in [5, 5.41) is 1.29. The molecule has 5 heteroatoms. The van der Waals surface area contributed by atoms with Crippen LogP contribution in [0.4, 0.5) is 0 Å². The van der Waals surface area contributed by atoms with Crippen LogP contribution in [0.2, 0.25) is 10.0 Å². The van der Waals surface area contributed by atoms with Crippen LogP contribution < -0.4 is 5.73 Å². The molecule has 2 N–H and O–H groups in total. The number of nitrogens with two attached hydrogens (primary N) is 1. The van der Waals surface area contributed by atoms with E-state index in [2.05, 4.69) is 17.6 Å². The van der Waals surface area contributed by atoms with Gasteiger partial charge in [-0.05, 0) is 36.2 Å². The zero-order valence-corrected chi connectivity index (χ0v) is 14.5. The van der Waals surface area contributed by atoms with Gasteiger partial charge in [0, 0.05) is 10.0 Å². The second-order valence-corrected chi connectivity index (χ2v) is 6.52. The first-order valence-corrected chi connectivity index (χ1v) is 8.50. The number of imidazole rings is 1. The first kappa shape index (κ1) is 16.3. The van der Waals surface area contributed by atoms with E-state index in [1.165, 1.54) is 0 Å². The van der Waals surface area contributed by atoms with E-state index in [4.69, 9.17) is 33.9 Å². The van der Waals surface area contributed by atoms with E-state index in [-0.39, 0.29) is 6.04 Å². The Balaban J connectivity index is 2.08. The Kier molecular flexibility index (Phi) is 4.90. The van der Waals surface area contributed by atoms with Crippen molar-refractivity contribution in [2.45, 2.75) is 32.4 Å². The van der Waals surface area contributed by atoms with Crippen molar-refractivity contribution in [2.75, 3.05) is 0 Å². The van der Waals surface area contributed by atoms with Crippen molar-refractivity contribution in [1.29, 1.82) is 0 Å². The molecule has 0 amide bonds. The number of nitrogens with zero attached hydrogens (tertiary/aromatic N) is 2. The van der Waals surface area contributed by atoms with Crippen LogP contribution in [0.1, 0.15) is 37.2 Å². The molecule has 3 rings (SSSR count). The molecule has 1 heterocycles. The van der Waals surface area contributed by atoms with E-state index < -0.39 is 0 Å². The van der Waals surface area contributed by atoms with Crippen molar-refractivity contribution < 1.29 is 0 Å². The molecule has 0 fully saturated rings. The van der Waals surface area contributed by atoms with Crippen LogP contribution in [0.3, 0.4) is 0 Å². The molecule has 1 unspecified atom stereocenters. The van der Waals surface area contributed by atoms with Crippen LogP contribution in [-0.4, -0.2) is 9.55 Å². The van der Waals surface area contributed by atoms with Crippen LogP contribution in [-0.2, 0) is 6.54 Å². The highest BCUT2D eigenvalue weighted by Gasteiger charge is 2.17. The Morgan fingerprint density at radius 3 is 2.70 bits per heavy atom. The minimum Gasteiger partial charge on any atom is -0.322 e. The Hall–Kier alpha value is -1.55. The summed E-state index contributed by atoms with van der Waals surface area (Å²) in [5.74, 6) is 0.902. The lowest BCUT2D eigenvalue weighted by atomic mass is 10.1. The van der Waals surface area contributed by atoms with Crippen LogP contribution in [0, 0.1) is 0 Å². The summed E-state index contributed by atoms with van der Waals surface area (Å²) in [6.45, 7) is 2.76. The third-order valence-electron chi connectivity index (χ3n) is 3.96. The van der Waals surface area contributed by atoms with Gasteiger partial charge in [0.2, 0.25) is 0 Å². The van der Waals surface area contributed by atoms with Crippen molar-refractivity contribution in [3.63, 3.8) is 0 Å². The lowest BCUT2D eigenvalue weighted by Crippen LogP contribution is -2.17. The quantitative estimate of drug-likeness (QED) is 0.689. The Labute approximate surface area is 146 Å². The maximum atomic E-state index is 6.35. The van der Waals surface area contributed by atoms with Crippen LogP contribution in [0.15, 0.2) is 42.5 Å². The molecule has 0 bridgehead atoms. The van der Waals surface area contributed by atoms with E-state index in [9.17, 15) is 0 Å². The number of halogens is 2. The van der Waals surface area contributed by atoms with Crippen molar-refractivity contribution in [1.82, 2.24) is 9.55 Å². The van der Waals surface area contributed by atoms with Gasteiger partial charge in [-0.3, -0.25) is 0 Å². The number of aromatic nitrogens is 2. The summed E-state index contributed by atoms with van der Waals surface area (Å²) in [5.41, 5.74) is 9.38. The number of hydrogen-bond donors (Lipinski definition) is 1. The van der Waals surface area contributed by atoms with Gasteiger partial charge < -0.3 is 10.3 Å². The zero-order chi connectivity index (χ0) is 16.4. The summed E-state index contributed by atoms with van der Waals surface area (Å²) in [6, 6.07) is 13.6. The van der Waals surface area contributed by atoms with Gasteiger partial charge in [0.05, 0.1) is 23.6 Å². The van der Waals surface area contributed by atoms with E-state index in [1.807, 2.05) is 30.3 Å². The molecule has 2 aromatic carbocycles. The number of fused-ring (bicyclic) bond motifs is 1. The molecule has 0 saturated heterocycles. The maximum absolute atomic E-state index is 6.35. The fraction of sp³-hybridized carbons (Fsp3) is 0.278. The molecule has 3 nitrogen and oxygen atoms in total. The van der Waals surface area contributed by atoms with Gasteiger partial charge in [-0.1, -0.05) is 54.7 Å². The van der Waals surface area contributed by atoms with Gasteiger partial charge >= 0.3 is 0 Å². The van der Waals surface area contributed by atoms with Crippen LogP contribution >= 0.6 is 23.2 Å². The highest BCUT2D eigenvalue weighted by Crippen LogP contribution is 2.27. The molecule has 1 aromatic heterocycles. The van der Waals surface area contributed by atoms with Gasteiger partial charge in [-0.25, -0.2) is 4.98 Å². The highest BCUT2D eigenvalue weighted by molar-refractivity contribution is 6.35. The molecule has 120 valence electrons. The minimum atomic E-state index is -0.0847. The number of hydrogen-bond acceptors (Lipinski definition) is 2. The van der Waals surface area contributed by atoms with Gasteiger partial charge in [0.1, 0.15) is 5.82 Å². The number of rotatable bonds is 5. The Morgan fingerprint density at radius 2 is 1.96 bits per heavy atom. The number of para-hydroxylation sites is 2. The molecular weight excluding hydrogens is 329 g/mol. The Bertz CT molecular complexity index is 826. The largest absolute Gasteiger partial charge is 0.322 e. The fourth-order valence-corrected chi connectivity index (χ4v) is 3.27. The first-order valence-electron chi connectivity index (χ1n) is 7.74. The smallest absolute Gasteiger partial charge is 0.127 e. The van der Waals surface area contributed by atoms with Crippen molar-refractivity contribution in [3.8, 4) is 0 Å². The van der Waals surface area contributed by atoms with Gasteiger partial charge in [-0.15, -0.1) is 0 Å². The van der Waals surface area contributed by atoms with Gasteiger partial charge in [0.15, 0.2) is 0 Å². The summed E-state index contributed by atoms with van der Waals surface area (Å²) in [4.78, 5) is 4.74. The summed E-state index contributed by atoms with van der Waals surface area (Å²) >= 11 is 12.3. The molecule has 0 saturated carbocycles. The molecule has 0 aliphatic carbocycles. The lowest BCUT2D eigenvalue weighted by Gasteiger charge is -2.15. The average Bonchev–Trinajstić information content (AvgIpc) is 2.89. The van der Waals surface area contributed by atoms with E-state index in [1.54, 1.807) is 6.07 Å². The molecule has 0 spiro atoms. The third kappa shape index (κ3) is 3.37. The monoisotopic (exact) mass is 347 g/mol. The predicted octanol–water partition coefficient (Wildman–Crippen LogP) is 5.19. The van der Waals surface area contributed by atoms with Gasteiger partial charge in [0.25, 0.3) is 0 Å². The van der Waals surface area contributed by atoms with E-state index in [0.29, 0.717) is 16.6 Å². The van der Waals surface area contributed by atoms with Crippen molar-refractivity contribution in [3.05, 3.63) is 63.9 Å². The molecule has 3 aromatic rings. The van der Waals surface area contributed by atoms with Crippen LogP contribution in [0.25, 0.3) is 11.0 Å². The second-order valence-electron chi connectivity index (χ2n) is 5.68. The summed E-state index contributed by atoms with van der Waals surface area (Å²) in [6.07, 6.45) is 1.92. The van der Waals surface area contributed by atoms with E-state index in [0.717, 1.165) is 35.3 Å². The topological polar surface area (TPSA) is 43.8 Å². The Morgan fingerprint density at radius 1 is 1.17 bits per heavy atom. The summed E-state index contributed by atoms with van der Waals surface area (Å²) < 4.78 is 2.16. The molecule has 1 atom stereocenters. The van der Waals surface area contributed by atoms with Gasteiger partial charge in [-0.2, -0.15) is 0 Å². The highest BCUT2D eigenvalue weighted by atomic mass is 35.5. The SMILES string of the molecule is CCCC(N)c1nc2ccccc2n1Cc1ccc(Cl)cc1Cl. The molecule has 0 aliphatic heterocycles. The zero-order valence-electron chi connectivity index (χ0n) is 13.0. The second kappa shape index (κ2) is 6.91. The van der Waals surface area contributed by atoms with Crippen molar-refractivity contribution in [2.24, 2.45) is 5.73 Å². The van der Waals surface area contributed by atoms with Crippen molar-refractivity contribution >= 4 is 34.2 Å². The lowest BCUT2D eigenvalue weighted by molar-refractivity contribution is 0.572. The molecule has 23 heavy (non-hydrogen) atoms. The summed E-state index contributed by atoms with van der Waals surface area (Å²) in [7, 11) is 0. The predicted molar refractivity (Wildman–Crippen MR) is 97.1 cm³/mol. The standard InChI is InChI=1S/C18H19Cl2N3/c1-2-5-15(21)18-22-16-6-3-4-7-17(16)23(18)11-12-8-9-13(19)10-14(12)20/h3-4,6-10,15H,2,5,11,21H2,1H3. The minimum absolute atomic E-state index is 0.0847. The van der Waals surface area contributed by atoms with E-state index >= 15 is 0 Å². The molecular formula is C18H19Cl2N3. The fourth-order valence-electron chi connectivity index (χ4n) is 2.80. The first-order chi connectivity index (χ1) is 11.1. The molecule has 0 aliphatic rings. The average molecular weight is 348 g/mol. The maximum Gasteiger partial charge on any atom is 0.127 e. The number of benzene rings is 2. The third-order valence-corrected chi connectivity index (χ3v) is 4.55. The van der Waals surface area contributed by atoms with Crippen LogP contribution in [0.5, 0.6) is 0 Å². The normalized spacial score (nSPS) is 12.7. The molecule has 0 radical (unpaired) electrons.